The Kier molecular flexibility index (Phi) is 7.13. The van der Waals surface area contributed by atoms with E-state index in [1.807, 2.05) is 0 Å². The van der Waals surface area contributed by atoms with Crippen LogP contribution in [0.5, 0.6) is 0 Å². The number of allylic oxidation sites excluding steroid dienone is 2. The second-order valence-corrected chi connectivity index (χ2v) is 9.57. The molecule has 1 aliphatic rings. The number of aliphatic hydroxyl groups is 2. The van der Waals surface area contributed by atoms with Crippen molar-refractivity contribution in [1.29, 1.82) is 0 Å². The number of hydrogen-bond donors (Lipinski definition) is 2. The van der Waals surface area contributed by atoms with E-state index in [2.05, 4.69) is 77.9 Å². The molecule has 0 saturated heterocycles. The number of thioether (sulfide) groups is 1. The number of rotatable bonds is 8. The smallest absolute Gasteiger partial charge is 0.262 e. The third-order valence-corrected chi connectivity index (χ3v) is 7.73. The van der Waals surface area contributed by atoms with Crippen LogP contribution in [0.1, 0.15) is 30.0 Å². The Balaban J connectivity index is 1.60. The summed E-state index contributed by atoms with van der Waals surface area (Å²) in [4.78, 5) is 3.60. The van der Waals surface area contributed by atoms with Crippen LogP contribution in [0.4, 0.5) is 5.69 Å². The van der Waals surface area contributed by atoms with Crippen molar-refractivity contribution in [1.82, 2.24) is 0 Å². The largest absolute Gasteiger partial charge is 0.396 e. The number of anilines is 1. The molecule has 0 radical (unpaired) electrons. The molecule has 0 amide bonds. The van der Waals surface area contributed by atoms with Crippen molar-refractivity contribution in [3.8, 4) is 0 Å². The summed E-state index contributed by atoms with van der Waals surface area (Å²) in [6, 6.07) is 13.0. The summed E-state index contributed by atoms with van der Waals surface area (Å²) in [5.74, 6) is 0. The van der Waals surface area contributed by atoms with Crippen LogP contribution in [0, 0.1) is 0 Å². The van der Waals surface area contributed by atoms with Gasteiger partial charge in [-0.15, -0.1) is 0 Å². The van der Waals surface area contributed by atoms with Gasteiger partial charge in [-0.2, -0.15) is 4.57 Å². The van der Waals surface area contributed by atoms with Crippen LogP contribution in [-0.4, -0.2) is 30.0 Å². The number of thiazole rings is 1. The number of hydrogen-bond acceptors (Lipinski definition) is 5. The van der Waals surface area contributed by atoms with Crippen LogP contribution in [0.25, 0.3) is 16.3 Å². The maximum absolute atomic E-state index is 9.23. The van der Waals surface area contributed by atoms with E-state index in [1.54, 1.807) is 23.1 Å². The van der Waals surface area contributed by atoms with Crippen LogP contribution >= 0.6 is 23.1 Å². The number of nitrogens with zero attached hydrogens (tertiary/aromatic N) is 2. The number of fused-ring (bicyclic) bond motifs is 2. The van der Waals surface area contributed by atoms with Crippen molar-refractivity contribution in [2.24, 2.45) is 0 Å². The van der Waals surface area contributed by atoms with E-state index in [0.29, 0.717) is 12.8 Å². The predicted molar refractivity (Wildman–Crippen MR) is 132 cm³/mol. The molecular formula is C25H29N2O2S2+. The highest BCUT2D eigenvalue weighted by Gasteiger charge is 2.23. The fourth-order valence-electron chi connectivity index (χ4n) is 3.98. The average Bonchev–Trinajstić information content (AvgIpc) is 3.30. The molecule has 0 aliphatic carbocycles. The molecule has 4 rings (SSSR count). The van der Waals surface area contributed by atoms with Crippen molar-refractivity contribution < 1.29 is 14.8 Å². The van der Waals surface area contributed by atoms with Crippen molar-refractivity contribution in [2.75, 3.05) is 24.7 Å². The van der Waals surface area contributed by atoms with Crippen molar-refractivity contribution in [3.63, 3.8) is 0 Å². The van der Waals surface area contributed by atoms with E-state index in [4.69, 9.17) is 0 Å². The molecule has 2 aromatic carbocycles. The second-order valence-electron chi connectivity index (χ2n) is 7.45. The van der Waals surface area contributed by atoms with Gasteiger partial charge in [0.15, 0.2) is 0 Å². The van der Waals surface area contributed by atoms with Gasteiger partial charge < -0.3 is 15.1 Å². The molecule has 4 nitrogen and oxygen atoms in total. The molecule has 0 bridgehead atoms. The van der Waals surface area contributed by atoms with Gasteiger partial charge in [0, 0.05) is 36.8 Å². The summed E-state index contributed by atoms with van der Waals surface area (Å²) in [6.07, 6.45) is 7.93. The Labute approximate surface area is 192 Å². The number of aryl methyl sites for hydroxylation is 1. The summed E-state index contributed by atoms with van der Waals surface area (Å²) in [7, 11) is 0. The lowest BCUT2D eigenvalue weighted by Gasteiger charge is -2.17. The van der Waals surface area contributed by atoms with E-state index in [0.717, 1.165) is 13.1 Å². The molecule has 1 aliphatic heterocycles. The van der Waals surface area contributed by atoms with Gasteiger partial charge in [-0.25, -0.2) is 0 Å². The number of aliphatic hydroxyl groups excluding tert-OH is 2. The summed E-state index contributed by atoms with van der Waals surface area (Å²) < 4.78 is 3.60. The standard InChI is InChI=1S/C25H29N2O2S2/c1-3-26-20-10-8-18(12-14-28)16-22(20)30-24(26)6-5-7-25-27(4-2)21-11-9-19(13-15-29)17-23(21)31-25/h5-11,16-17,28-29H,3-4,12-15H2,1-2H3/q+1. The summed E-state index contributed by atoms with van der Waals surface area (Å²) in [5.41, 5.74) is 4.85. The Hall–Kier alpha value is -2.12. The normalized spacial score (nSPS) is 15.0. The zero-order valence-electron chi connectivity index (χ0n) is 18.0. The van der Waals surface area contributed by atoms with E-state index in [9.17, 15) is 10.2 Å². The van der Waals surface area contributed by atoms with Gasteiger partial charge in [-0.3, -0.25) is 0 Å². The minimum absolute atomic E-state index is 0.181. The maximum atomic E-state index is 9.23. The van der Waals surface area contributed by atoms with Crippen LogP contribution in [0.2, 0.25) is 0 Å². The summed E-state index contributed by atoms with van der Waals surface area (Å²) in [5, 5.41) is 20.9. The molecule has 31 heavy (non-hydrogen) atoms. The molecule has 3 aromatic rings. The molecule has 0 spiro atoms. The predicted octanol–water partition coefficient (Wildman–Crippen LogP) is 4.77. The Morgan fingerprint density at radius 1 is 1.00 bits per heavy atom. The lowest BCUT2D eigenvalue weighted by molar-refractivity contribution is -0.665. The quantitative estimate of drug-likeness (QED) is 0.483. The first-order chi connectivity index (χ1) is 15.2. The van der Waals surface area contributed by atoms with Crippen LogP contribution in [0.15, 0.2) is 58.5 Å². The van der Waals surface area contributed by atoms with Crippen LogP contribution < -0.4 is 9.47 Å². The molecule has 2 N–H and O–H groups in total. The molecule has 0 atom stereocenters. The highest BCUT2D eigenvalue weighted by Crippen LogP contribution is 2.46. The fourth-order valence-corrected chi connectivity index (χ4v) is 6.39. The van der Waals surface area contributed by atoms with Crippen LogP contribution in [0.3, 0.4) is 0 Å². The average molecular weight is 454 g/mol. The van der Waals surface area contributed by atoms with Gasteiger partial charge in [0.2, 0.25) is 5.52 Å². The number of benzene rings is 2. The van der Waals surface area contributed by atoms with Gasteiger partial charge in [0.1, 0.15) is 11.2 Å². The Morgan fingerprint density at radius 2 is 1.74 bits per heavy atom. The Morgan fingerprint density at radius 3 is 2.45 bits per heavy atom. The van der Waals surface area contributed by atoms with Gasteiger partial charge in [-0.05, 0) is 62.1 Å². The summed E-state index contributed by atoms with van der Waals surface area (Å²) >= 11 is 3.59. The van der Waals surface area contributed by atoms with Crippen LogP contribution in [-0.2, 0) is 19.4 Å². The first-order valence-corrected chi connectivity index (χ1v) is 12.5. The zero-order chi connectivity index (χ0) is 21.8. The minimum atomic E-state index is 0.181. The minimum Gasteiger partial charge on any atom is -0.396 e. The molecular weight excluding hydrogens is 424 g/mol. The van der Waals surface area contributed by atoms with E-state index < -0.39 is 0 Å². The van der Waals surface area contributed by atoms with Gasteiger partial charge >= 0.3 is 0 Å². The molecule has 6 heteroatoms. The highest BCUT2D eigenvalue weighted by atomic mass is 32.2. The molecule has 1 aromatic heterocycles. The SMILES string of the molecule is CCN1C(=CC=Cc2sc3cc(CCO)ccc3[n+]2CC)Sc2cc(CCO)ccc21. The maximum Gasteiger partial charge on any atom is 0.262 e. The number of aromatic nitrogens is 1. The van der Waals surface area contributed by atoms with Crippen molar-refractivity contribution >= 4 is 45.1 Å². The topological polar surface area (TPSA) is 47.6 Å². The first-order valence-electron chi connectivity index (χ1n) is 10.8. The van der Waals surface area contributed by atoms with Crippen molar-refractivity contribution in [2.45, 2.75) is 38.1 Å². The second kappa shape index (κ2) is 10.0. The zero-order valence-corrected chi connectivity index (χ0v) is 19.7. The lowest BCUT2D eigenvalue weighted by Crippen LogP contribution is -2.33. The van der Waals surface area contributed by atoms with Crippen molar-refractivity contribution in [3.05, 3.63) is 69.7 Å². The highest BCUT2D eigenvalue weighted by molar-refractivity contribution is 8.03. The molecule has 2 heterocycles. The van der Waals surface area contributed by atoms with Gasteiger partial charge in [0.05, 0.1) is 10.7 Å². The molecule has 162 valence electrons. The van der Waals surface area contributed by atoms with E-state index >= 15 is 0 Å². The summed E-state index contributed by atoms with van der Waals surface area (Å²) in [6.45, 7) is 6.56. The van der Waals surface area contributed by atoms with E-state index in [1.165, 1.54) is 42.0 Å². The molecule has 0 fully saturated rings. The molecule has 0 unspecified atom stereocenters. The fraction of sp³-hybridized carbons (Fsp3) is 0.320. The monoisotopic (exact) mass is 453 g/mol. The van der Waals surface area contributed by atoms with E-state index in [-0.39, 0.29) is 13.2 Å². The molecule has 0 saturated carbocycles. The van der Waals surface area contributed by atoms with Gasteiger partial charge in [-0.1, -0.05) is 41.3 Å². The first kappa shape index (κ1) is 22.1. The third kappa shape index (κ3) is 4.58. The Bertz CT molecular complexity index is 1130. The third-order valence-electron chi connectivity index (χ3n) is 5.50. The van der Waals surface area contributed by atoms with Gasteiger partial charge in [0.25, 0.3) is 5.01 Å². The lowest BCUT2D eigenvalue weighted by atomic mass is 10.1.